The number of imidazole rings is 1. The van der Waals surface area contributed by atoms with Crippen molar-refractivity contribution < 1.29 is 4.39 Å². The maximum Gasteiger partial charge on any atom is 0.203 e. The molecule has 0 saturated heterocycles. The summed E-state index contributed by atoms with van der Waals surface area (Å²) in [5.41, 5.74) is 0.677. The highest BCUT2D eigenvalue weighted by Crippen LogP contribution is 2.31. The van der Waals surface area contributed by atoms with E-state index in [1.807, 2.05) is 31.5 Å². The summed E-state index contributed by atoms with van der Waals surface area (Å²) in [6, 6.07) is 7.33. The molecule has 3 nitrogen and oxygen atoms in total. The summed E-state index contributed by atoms with van der Waals surface area (Å²) in [7, 11) is 0. The van der Waals surface area contributed by atoms with E-state index in [1.165, 1.54) is 38.2 Å². The summed E-state index contributed by atoms with van der Waals surface area (Å²) in [6.07, 6.45) is 10.2. The van der Waals surface area contributed by atoms with Crippen LogP contribution in [0.2, 0.25) is 0 Å². The van der Waals surface area contributed by atoms with Crippen LogP contribution in [0.1, 0.15) is 56.7 Å². The van der Waals surface area contributed by atoms with Crippen LogP contribution in [-0.4, -0.2) is 9.55 Å². The average molecular weight is 287 g/mol. The van der Waals surface area contributed by atoms with Gasteiger partial charge in [-0.05, 0) is 25.8 Å². The highest BCUT2D eigenvalue weighted by molar-refractivity contribution is 5.33. The van der Waals surface area contributed by atoms with Gasteiger partial charge in [-0.1, -0.05) is 37.5 Å². The highest BCUT2D eigenvalue weighted by Gasteiger charge is 2.19. The Morgan fingerprint density at radius 1 is 1.24 bits per heavy atom. The Morgan fingerprint density at radius 3 is 2.76 bits per heavy atom. The summed E-state index contributed by atoms with van der Waals surface area (Å²) in [5, 5.41) is 3.36. The van der Waals surface area contributed by atoms with E-state index >= 15 is 0 Å². The number of benzene rings is 1. The highest BCUT2D eigenvalue weighted by atomic mass is 19.1. The minimum Gasteiger partial charge on any atom is -0.349 e. The lowest BCUT2D eigenvalue weighted by atomic mass is 9.95. The van der Waals surface area contributed by atoms with E-state index in [2.05, 4.69) is 14.9 Å². The first-order valence-electron chi connectivity index (χ1n) is 7.79. The van der Waals surface area contributed by atoms with Gasteiger partial charge in [0.1, 0.15) is 5.82 Å². The van der Waals surface area contributed by atoms with Gasteiger partial charge >= 0.3 is 0 Å². The Balaban J connectivity index is 1.76. The molecule has 1 aromatic heterocycles. The minimum atomic E-state index is -0.173. The molecule has 0 spiro atoms. The van der Waals surface area contributed by atoms with Crippen LogP contribution in [0.15, 0.2) is 36.7 Å². The normalized spacial score (nSPS) is 17.6. The first-order chi connectivity index (χ1) is 10.3. The van der Waals surface area contributed by atoms with Gasteiger partial charge in [-0.2, -0.15) is 0 Å². The minimum absolute atomic E-state index is 0.101. The van der Waals surface area contributed by atoms with Gasteiger partial charge in [0, 0.05) is 24.0 Å². The number of nitrogens with one attached hydrogen (secondary N) is 1. The van der Waals surface area contributed by atoms with Crippen molar-refractivity contribution in [1.29, 1.82) is 0 Å². The zero-order valence-electron chi connectivity index (χ0n) is 12.4. The van der Waals surface area contributed by atoms with Crippen molar-refractivity contribution in [3.05, 3.63) is 48.0 Å². The number of nitrogens with zero attached hydrogens (tertiary/aromatic N) is 2. The molecule has 0 amide bonds. The third kappa shape index (κ3) is 3.09. The van der Waals surface area contributed by atoms with Gasteiger partial charge in [0.25, 0.3) is 0 Å². The predicted molar refractivity (Wildman–Crippen MR) is 82.8 cm³/mol. The van der Waals surface area contributed by atoms with Gasteiger partial charge in [0.05, 0.1) is 6.04 Å². The molecule has 1 aliphatic carbocycles. The number of anilines is 1. The number of aromatic nitrogens is 2. The lowest BCUT2D eigenvalue weighted by Gasteiger charge is -2.26. The van der Waals surface area contributed by atoms with E-state index < -0.39 is 0 Å². The first kappa shape index (κ1) is 14.1. The molecule has 1 heterocycles. The van der Waals surface area contributed by atoms with Crippen LogP contribution in [0.4, 0.5) is 10.3 Å². The molecule has 1 aromatic carbocycles. The number of halogens is 1. The molecule has 112 valence electrons. The zero-order chi connectivity index (χ0) is 14.7. The Hall–Kier alpha value is -1.84. The van der Waals surface area contributed by atoms with E-state index in [9.17, 15) is 4.39 Å². The summed E-state index contributed by atoms with van der Waals surface area (Å²) in [5.74, 6) is 0.672. The lowest BCUT2D eigenvalue weighted by Crippen LogP contribution is -2.17. The molecule has 3 rings (SSSR count). The summed E-state index contributed by atoms with van der Waals surface area (Å²) in [6.45, 7) is 1.97. The van der Waals surface area contributed by atoms with Crippen molar-refractivity contribution in [2.45, 2.75) is 51.1 Å². The molecule has 1 saturated carbocycles. The second-order valence-electron chi connectivity index (χ2n) is 5.84. The fraction of sp³-hybridized carbons (Fsp3) is 0.471. The Bertz CT molecular complexity index is 587. The summed E-state index contributed by atoms with van der Waals surface area (Å²) < 4.78 is 16.1. The number of hydrogen-bond donors (Lipinski definition) is 1. The summed E-state index contributed by atoms with van der Waals surface area (Å²) >= 11 is 0. The van der Waals surface area contributed by atoms with Crippen molar-refractivity contribution in [2.24, 2.45) is 0 Å². The summed E-state index contributed by atoms with van der Waals surface area (Å²) in [4.78, 5) is 4.42. The van der Waals surface area contributed by atoms with Gasteiger partial charge in [0.2, 0.25) is 5.95 Å². The standard InChI is InChI=1S/C17H22FN3/c1-13(15-9-5-6-10-16(15)18)20-17-19-11-12-21(17)14-7-3-2-4-8-14/h5-6,9-14H,2-4,7-8H2,1H3,(H,19,20). The van der Waals surface area contributed by atoms with Crippen LogP contribution in [0.5, 0.6) is 0 Å². The second kappa shape index (κ2) is 6.29. The Kier molecular flexibility index (Phi) is 4.23. The first-order valence-corrected chi connectivity index (χ1v) is 7.79. The number of rotatable bonds is 4. The van der Waals surface area contributed by atoms with Crippen LogP contribution in [-0.2, 0) is 0 Å². The topological polar surface area (TPSA) is 29.9 Å². The smallest absolute Gasteiger partial charge is 0.203 e. The van der Waals surface area contributed by atoms with Gasteiger partial charge in [-0.3, -0.25) is 0 Å². The van der Waals surface area contributed by atoms with Crippen molar-refractivity contribution in [1.82, 2.24) is 9.55 Å². The molecule has 1 N–H and O–H groups in total. The van der Waals surface area contributed by atoms with Crippen LogP contribution in [0, 0.1) is 5.82 Å². The van der Waals surface area contributed by atoms with E-state index in [1.54, 1.807) is 6.07 Å². The largest absolute Gasteiger partial charge is 0.349 e. The van der Waals surface area contributed by atoms with E-state index in [0.29, 0.717) is 11.6 Å². The second-order valence-corrected chi connectivity index (χ2v) is 5.84. The zero-order valence-corrected chi connectivity index (χ0v) is 12.4. The van der Waals surface area contributed by atoms with Crippen molar-refractivity contribution >= 4 is 5.95 Å². The van der Waals surface area contributed by atoms with Crippen molar-refractivity contribution in [3.63, 3.8) is 0 Å². The molecular formula is C17H22FN3. The van der Waals surface area contributed by atoms with Gasteiger partial charge in [0.15, 0.2) is 0 Å². The van der Waals surface area contributed by atoms with E-state index in [4.69, 9.17) is 0 Å². The molecule has 4 heteroatoms. The third-order valence-corrected chi connectivity index (χ3v) is 4.35. The van der Waals surface area contributed by atoms with Crippen LogP contribution < -0.4 is 5.32 Å². The fourth-order valence-corrected chi connectivity index (χ4v) is 3.18. The number of hydrogen-bond acceptors (Lipinski definition) is 2. The van der Waals surface area contributed by atoms with Gasteiger partial charge < -0.3 is 9.88 Å². The molecular weight excluding hydrogens is 265 g/mol. The molecule has 1 fully saturated rings. The molecule has 1 atom stereocenters. The predicted octanol–water partition coefficient (Wildman–Crippen LogP) is 4.70. The van der Waals surface area contributed by atoms with Crippen LogP contribution in [0.25, 0.3) is 0 Å². The monoisotopic (exact) mass is 287 g/mol. The Morgan fingerprint density at radius 2 is 2.00 bits per heavy atom. The Labute approximate surface area is 125 Å². The quantitative estimate of drug-likeness (QED) is 0.883. The molecule has 2 aromatic rings. The van der Waals surface area contributed by atoms with Gasteiger partial charge in [-0.15, -0.1) is 0 Å². The van der Waals surface area contributed by atoms with Crippen LogP contribution >= 0.6 is 0 Å². The molecule has 0 radical (unpaired) electrons. The molecule has 0 aliphatic heterocycles. The maximum atomic E-state index is 13.9. The molecule has 1 aliphatic rings. The average Bonchev–Trinajstić information content (AvgIpc) is 2.96. The third-order valence-electron chi connectivity index (χ3n) is 4.35. The van der Waals surface area contributed by atoms with Crippen molar-refractivity contribution in [2.75, 3.05) is 5.32 Å². The van der Waals surface area contributed by atoms with Gasteiger partial charge in [-0.25, -0.2) is 9.37 Å². The van der Waals surface area contributed by atoms with E-state index in [0.717, 1.165) is 5.95 Å². The van der Waals surface area contributed by atoms with Crippen molar-refractivity contribution in [3.8, 4) is 0 Å². The maximum absolute atomic E-state index is 13.9. The van der Waals surface area contributed by atoms with Crippen LogP contribution in [0.3, 0.4) is 0 Å². The molecule has 21 heavy (non-hydrogen) atoms. The van der Waals surface area contributed by atoms with E-state index in [-0.39, 0.29) is 11.9 Å². The molecule has 0 bridgehead atoms. The molecule has 1 unspecified atom stereocenters. The lowest BCUT2D eigenvalue weighted by molar-refractivity contribution is 0.355. The fourth-order valence-electron chi connectivity index (χ4n) is 3.18. The SMILES string of the molecule is CC(Nc1nccn1C1CCCCC1)c1ccccc1F.